The summed E-state index contributed by atoms with van der Waals surface area (Å²) in [5.41, 5.74) is 2.52. The first-order valence-electron chi connectivity index (χ1n) is 8.84. The standard InChI is InChI=1S/C21H18Cl2N2O4S/c22-18-10-7-15(11-19(18)23)14-5-8-17(9-6-14)25-21(27)12-24-30(28,29)20-4-2-1-3-16(20)13-26/h1-11,24,26H,12-13H2,(H,25,27). The molecular weight excluding hydrogens is 447 g/mol. The first-order valence-corrected chi connectivity index (χ1v) is 11.1. The molecule has 0 fully saturated rings. The molecule has 3 rings (SSSR count). The van der Waals surface area contributed by atoms with Gasteiger partial charge in [-0.05, 0) is 47.0 Å². The van der Waals surface area contributed by atoms with Crippen LogP contribution in [0.2, 0.25) is 10.0 Å². The molecule has 3 aromatic carbocycles. The van der Waals surface area contributed by atoms with Crippen molar-refractivity contribution in [3.05, 3.63) is 82.3 Å². The highest BCUT2D eigenvalue weighted by molar-refractivity contribution is 7.89. The molecule has 0 spiro atoms. The van der Waals surface area contributed by atoms with E-state index in [-0.39, 0.29) is 10.5 Å². The fraction of sp³-hybridized carbons (Fsp3) is 0.0952. The van der Waals surface area contributed by atoms with E-state index in [4.69, 9.17) is 23.2 Å². The van der Waals surface area contributed by atoms with Crippen LogP contribution in [0.1, 0.15) is 5.56 Å². The van der Waals surface area contributed by atoms with Gasteiger partial charge in [-0.3, -0.25) is 4.79 Å². The molecule has 0 aliphatic rings. The van der Waals surface area contributed by atoms with Crippen LogP contribution in [0.15, 0.2) is 71.6 Å². The lowest BCUT2D eigenvalue weighted by atomic mass is 10.1. The number of hydrogen-bond donors (Lipinski definition) is 3. The van der Waals surface area contributed by atoms with Crippen LogP contribution in [0, 0.1) is 0 Å². The van der Waals surface area contributed by atoms with Crippen LogP contribution in [0.25, 0.3) is 11.1 Å². The Balaban J connectivity index is 1.63. The van der Waals surface area contributed by atoms with E-state index in [2.05, 4.69) is 10.0 Å². The minimum atomic E-state index is -3.93. The number of sulfonamides is 1. The van der Waals surface area contributed by atoms with Gasteiger partial charge >= 0.3 is 0 Å². The van der Waals surface area contributed by atoms with Crippen molar-refractivity contribution in [1.29, 1.82) is 0 Å². The lowest BCUT2D eigenvalue weighted by molar-refractivity contribution is -0.115. The minimum absolute atomic E-state index is 0.0636. The molecule has 0 saturated carbocycles. The Hall–Kier alpha value is -2.42. The van der Waals surface area contributed by atoms with Gasteiger partial charge in [0.05, 0.1) is 28.1 Å². The number of hydrogen-bond acceptors (Lipinski definition) is 4. The summed E-state index contributed by atoms with van der Waals surface area (Å²) in [5, 5.41) is 12.8. The number of benzene rings is 3. The molecule has 3 N–H and O–H groups in total. The lowest BCUT2D eigenvalue weighted by Gasteiger charge is -2.11. The fourth-order valence-corrected chi connectivity index (χ4v) is 4.27. The highest BCUT2D eigenvalue weighted by Crippen LogP contribution is 2.29. The van der Waals surface area contributed by atoms with E-state index in [1.165, 1.54) is 12.1 Å². The molecule has 156 valence electrons. The van der Waals surface area contributed by atoms with E-state index in [9.17, 15) is 18.3 Å². The Morgan fingerprint density at radius 2 is 1.57 bits per heavy atom. The summed E-state index contributed by atoms with van der Waals surface area (Å²) in [7, 11) is -3.93. The Kier molecular flexibility index (Phi) is 7.12. The predicted octanol–water partition coefficient (Wildman–Crippen LogP) is 4.07. The normalized spacial score (nSPS) is 11.3. The van der Waals surface area contributed by atoms with E-state index < -0.39 is 29.1 Å². The van der Waals surface area contributed by atoms with Gasteiger partial charge in [0.25, 0.3) is 0 Å². The molecular formula is C21H18Cl2N2O4S. The summed E-state index contributed by atoms with van der Waals surface area (Å²) in [4.78, 5) is 12.1. The van der Waals surface area contributed by atoms with Crippen molar-refractivity contribution in [1.82, 2.24) is 4.72 Å². The van der Waals surface area contributed by atoms with E-state index in [0.717, 1.165) is 11.1 Å². The smallest absolute Gasteiger partial charge is 0.241 e. The highest BCUT2D eigenvalue weighted by Gasteiger charge is 2.18. The molecule has 0 unspecified atom stereocenters. The number of halogens is 2. The van der Waals surface area contributed by atoms with Gasteiger partial charge in [-0.1, -0.05) is 59.6 Å². The van der Waals surface area contributed by atoms with Crippen LogP contribution >= 0.6 is 23.2 Å². The second-order valence-corrected chi connectivity index (χ2v) is 8.89. The molecule has 0 radical (unpaired) electrons. The molecule has 0 aliphatic heterocycles. The van der Waals surface area contributed by atoms with E-state index in [1.807, 2.05) is 6.07 Å². The molecule has 30 heavy (non-hydrogen) atoms. The van der Waals surface area contributed by atoms with Gasteiger partial charge in [0.1, 0.15) is 0 Å². The van der Waals surface area contributed by atoms with Crippen LogP contribution in [-0.2, 0) is 21.4 Å². The third-order valence-electron chi connectivity index (χ3n) is 4.28. The Morgan fingerprint density at radius 3 is 2.23 bits per heavy atom. The zero-order chi connectivity index (χ0) is 21.7. The van der Waals surface area contributed by atoms with Crippen molar-refractivity contribution in [3.63, 3.8) is 0 Å². The molecule has 0 heterocycles. The number of carbonyl (C=O) groups excluding carboxylic acids is 1. The maximum Gasteiger partial charge on any atom is 0.241 e. The van der Waals surface area contributed by atoms with Crippen molar-refractivity contribution in [2.45, 2.75) is 11.5 Å². The number of nitrogens with one attached hydrogen (secondary N) is 2. The molecule has 0 aromatic heterocycles. The van der Waals surface area contributed by atoms with Gasteiger partial charge in [0.2, 0.25) is 15.9 Å². The largest absolute Gasteiger partial charge is 0.392 e. The Labute approximate surface area is 184 Å². The maximum atomic E-state index is 12.4. The number of aliphatic hydroxyl groups is 1. The van der Waals surface area contributed by atoms with Crippen molar-refractivity contribution in [2.24, 2.45) is 0 Å². The van der Waals surface area contributed by atoms with Gasteiger partial charge in [0, 0.05) is 5.69 Å². The number of amides is 1. The molecule has 9 heteroatoms. The summed E-state index contributed by atoms with van der Waals surface area (Å²) in [6.45, 7) is -0.870. The number of rotatable bonds is 7. The van der Waals surface area contributed by atoms with Crippen LogP contribution in [-0.4, -0.2) is 26.0 Å². The highest BCUT2D eigenvalue weighted by atomic mass is 35.5. The van der Waals surface area contributed by atoms with E-state index >= 15 is 0 Å². The average Bonchev–Trinajstić information content (AvgIpc) is 2.75. The third kappa shape index (κ3) is 5.38. The molecule has 0 bridgehead atoms. The Bertz CT molecular complexity index is 1170. The molecule has 0 saturated heterocycles. The van der Waals surface area contributed by atoms with Crippen LogP contribution < -0.4 is 10.0 Å². The zero-order valence-corrected chi connectivity index (χ0v) is 17.9. The molecule has 1 amide bonds. The van der Waals surface area contributed by atoms with Crippen molar-refractivity contribution in [2.75, 3.05) is 11.9 Å². The van der Waals surface area contributed by atoms with Gasteiger partial charge in [-0.2, -0.15) is 0 Å². The number of aliphatic hydroxyl groups excluding tert-OH is 1. The first-order chi connectivity index (χ1) is 14.3. The van der Waals surface area contributed by atoms with Crippen molar-refractivity contribution in [3.8, 4) is 11.1 Å². The fourth-order valence-electron chi connectivity index (χ4n) is 2.76. The summed E-state index contributed by atoms with van der Waals surface area (Å²) in [5.74, 6) is -0.526. The second-order valence-electron chi connectivity index (χ2n) is 6.34. The Morgan fingerprint density at radius 1 is 0.900 bits per heavy atom. The lowest BCUT2D eigenvalue weighted by Crippen LogP contribution is -2.33. The average molecular weight is 465 g/mol. The number of carbonyl (C=O) groups is 1. The van der Waals surface area contributed by atoms with Crippen molar-refractivity contribution >= 4 is 44.8 Å². The third-order valence-corrected chi connectivity index (χ3v) is 6.52. The molecule has 3 aromatic rings. The van der Waals surface area contributed by atoms with Crippen LogP contribution in [0.3, 0.4) is 0 Å². The first kappa shape index (κ1) is 22.3. The summed E-state index contributed by atoms with van der Waals surface area (Å²) >= 11 is 12.0. The summed E-state index contributed by atoms with van der Waals surface area (Å²) < 4.78 is 27.0. The van der Waals surface area contributed by atoms with Gasteiger partial charge in [0.15, 0.2) is 0 Å². The topological polar surface area (TPSA) is 95.5 Å². The van der Waals surface area contributed by atoms with Gasteiger partial charge in [-0.25, -0.2) is 13.1 Å². The molecule has 6 nitrogen and oxygen atoms in total. The minimum Gasteiger partial charge on any atom is -0.392 e. The SMILES string of the molecule is O=C(CNS(=O)(=O)c1ccccc1CO)Nc1ccc(-c2ccc(Cl)c(Cl)c2)cc1. The zero-order valence-electron chi connectivity index (χ0n) is 15.6. The van der Waals surface area contributed by atoms with Crippen LogP contribution in [0.4, 0.5) is 5.69 Å². The summed E-state index contributed by atoms with van der Waals surface area (Å²) in [6.07, 6.45) is 0. The quantitative estimate of drug-likeness (QED) is 0.490. The molecule has 0 aliphatic carbocycles. The predicted molar refractivity (Wildman–Crippen MR) is 118 cm³/mol. The van der Waals surface area contributed by atoms with Crippen LogP contribution in [0.5, 0.6) is 0 Å². The monoisotopic (exact) mass is 464 g/mol. The maximum absolute atomic E-state index is 12.4. The van der Waals surface area contributed by atoms with Gasteiger partial charge < -0.3 is 10.4 Å². The second kappa shape index (κ2) is 9.59. The number of anilines is 1. The van der Waals surface area contributed by atoms with Gasteiger partial charge in [-0.15, -0.1) is 0 Å². The van der Waals surface area contributed by atoms with E-state index in [1.54, 1.807) is 48.5 Å². The molecule has 0 atom stereocenters. The van der Waals surface area contributed by atoms with E-state index in [0.29, 0.717) is 15.7 Å². The van der Waals surface area contributed by atoms with Crippen molar-refractivity contribution < 1.29 is 18.3 Å². The summed E-state index contributed by atoms with van der Waals surface area (Å²) in [6, 6.07) is 18.3.